The third-order valence-electron chi connectivity index (χ3n) is 9.66. The van der Waals surface area contributed by atoms with Crippen LogP contribution in [0.1, 0.15) is 0 Å². The van der Waals surface area contributed by atoms with Crippen LogP contribution in [0.2, 0.25) is 0 Å². The topological polar surface area (TPSA) is 34.2 Å². The van der Waals surface area contributed by atoms with Gasteiger partial charge in [0, 0.05) is 61.4 Å². The van der Waals surface area contributed by atoms with Crippen LogP contribution in [0.15, 0.2) is 181 Å². The van der Waals surface area contributed by atoms with E-state index in [-0.39, 0.29) is 0 Å². The van der Waals surface area contributed by atoms with E-state index in [1.165, 1.54) is 32.6 Å². The summed E-state index contributed by atoms with van der Waals surface area (Å²) >= 11 is 0. The predicted molar refractivity (Wildman–Crippen MR) is 203 cm³/mol. The number of aromatic nitrogens is 2. The van der Waals surface area contributed by atoms with E-state index in [0.29, 0.717) is 0 Å². The van der Waals surface area contributed by atoms with Crippen molar-refractivity contribution in [2.45, 2.75) is 0 Å². The molecule has 3 aromatic heterocycles. The normalized spacial score (nSPS) is 11.7. The minimum Gasteiger partial charge on any atom is -0.454 e. The Morgan fingerprint density at radius 2 is 1.12 bits per heavy atom. The SMILES string of the molecule is c1ccc(N(c2ccc(-c3cncc4oc5ccccc5c34)cc2)c2ccc(-n3c4ccccc4c4ccc5ccccc5c43)cc2)cc1. The van der Waals surface area contributed by atoms with Crippen LogP contribution in [0.5, 0.6) is 0 Å². The molecule has 0 atom stereocenters. The summed E-state index contributed by atoms with van der Waals surface area (Å²) in [7, 11) is 0. The van der Waals surface area contributed by atoms with Crippen molar-refractivity contribution in [3.63, 3.8) is 0 Å². The van der Waals surface area contributed by atoms with Crippen LogP contribution in [-0.2, 0) is 0 Å². The zero-order chi connectivity index (χ0) is 32.3. The third kappa shape index (κ3) is 4.35. The van der Waals surface area contributed by atoms with E-state index in [9.17, 15) is 0 Å². The summed E-state index contributed by atoms with van der Waals surface area (Å²) < 4.78 is 8.53. The van der Waals surface area contributed by atoms with E-state index >= 15 is 0 Å². The number of para-hydroxylation sites is 3. The van der Waals surface area contributed by atoms with Crippen molar-refractivity contribution in [2.75, 3.05) is 4.90 Å². The molecule has 0 saturated carbocycles. The van der Waals surface area contributed by atoms with Crippen molar-refractivity contribution in [3.8, 4) is 16.8 Å². The molecular formula is C45H29N3O. The first-order valence-electron chi connectivity index (χ1n) is 16.5. The van der Waals surface area contributed by atoms with Crippen LogP contribution in [-0.4, -0.2) is 9.55 Å². The Bertz CT molecular complexity index is 2810. The molecule has 0 aliphatic rings. The monoisotopic (exact) mass is 627 g/mol. The number of furan rings is 1. The number of fused-ring (bicyclic) bond motifs is 8. The zero-order valence-corrected chi connectivity index (χ0v) is 26.5. The van der Waals surface area contributed by atoms with Gasteiger partial charge in [0.2, 0.25) is 0 Å². The molecule has 230 valence electrons. The molecule has 4 nitrogen and oxygen atoms in total. The maximum Gasteiger partial charge on any atom is 0.154 e. The van der Waals surface area contributed by atoms with Crippen LogP contribution >= 0.6 is 0 Å². The second-order valence-corrected chi connectivity index (χ2v) is 12.4. The fourth-order valence-electron chi connectivity index (χ4n) is 7.46. The number of anilines is 3. The number of rotatable bonds is 5. The number of benzene rings is 7. The van der Waals surface area contributed by atoms with E-state index in [1.807, 2.05) is 18.3 Å². The molecule has 0 fully saturated rings. The molecule has 49 heavy (non-hydrogen) atoms. The molecule has 0 amide bonds. The summed E-state index contributed by atoms with van der Waals surface area (Å²) in [5.74, 6) is 0. The summed E-state index contributed by atoms with van der Waals surface area (Å²) in [5, 5.41) is 7.20. The number of nitrogens with zero attached hydrogens (tertiary/aromatic N) is 3. The Balaban J connectivity index is 1.09. The molecule has 0 radical (unpaired) electrons. The van der Waals surface area contributed by atoms with Crippen LogP contribution in [0.3, 0.4) is 0 Å². The minimum absolute atomic E-state index is 0.796. The maximum absolute atomic E-state index is 6.12. The fourth-order valence-corrected chi connectivity index (χ4v) is 7.46. The highest BCUT2D eigenvalue weighted by Crippen LogP contribution is 2.41. The molecule has 0 saturated heterocycles. The van der Waals surface area contributed by atoms with Gasteiger partial charge in [-0.05, 0) is 71.6 Å². The molecule has 0 N–H and O–H groups in total. The third-order valence-corrected chi connectivity index (χ3v) is 9.66. The molecule has 3 heterocycles. The molecular weight excluding hydrogens is 599 g/mol. The first-order chi connectivity index (χ1) is 24.3. The van der Waals surface area contributed by atoms with Crippen molar-refractivity contribution in [1.82, 2.24) is 9.55 Å². The second-order valence-electron chi connectivity index (χ2n) is 12.4. The number of hydrogen-bond acceptors (Lipinski definition) is 3. The van der Waals surface area contributed by atoms with Gasteiger partial charge < -0.3 is 13.9 Å². The molecule has 7 aromatic carbocycles. The van der Waals surface area contributed by atoms with Gasteiger partial charge in [-0.25, -0.2) is 0 Å². The van der Waals surface area contributed by atoms with Gasteiger partial charge in [-0.2, -0.15) is 0 Å². The highest BCUT2D eigenvalue weighted by molar-refractivity contribution is 6.18. The average Bonchev–Trinajstić information content (AvgIpc) is 3.72. The van der Waals surface area contributed by atoms with Crippen molar-refractivity contribution < 1.29 is 4.42 Å². The van der Waals surface area contributed by atoms with Crippen LogP contribution in [0, 0.1) is 0 Å². The molecule has 4 heteroatoms. The highest BCUT2D eigenvalue weighted by atomic mass is 16.3. The Kier molecular flexibility index (Phi) is 6.15. The lowest BCUT2D eigenvalue weighted by Gasteiger charge is -2.26. The average molecular weight is 628 g/mol. The summed E-state index contributed by atoms with van der Waals surface area (Å²) in [6.45, 7) is 0. The summed E-state index contributed by atoms with van der Waals surface area (Å²) in [5.41, 5.74) is 10.6. The van der Waals surface area contributed by atoms with Gasteiger partial charge in [-0.3, -0.25) is 4.98 Å². The van der Waals surface area contributed by atoms with Gasteiger partial charge in [0.05, 0.1) is 17.2 Å². The molecule has 0 bridgehead atoms. The minimum atomic E-state index is 0.796. The first-order valence-corrected chi connectivity index (χ1v) is 16.5. The van der Waals surface area contributed by atoms with E-state index in [0.717, 1.165) is 55.8 Å². The smallest absolute Gasteiger partial charge is 0.154 e. The maximum atomic E-state index is 6.12. The molecule has 10 aromatic rings. The van der Waals surface area contributed by atoms with Crippen molar-refractivity contribution in [1.29, 1.82) is 0 Å². The molecule has 10 rings (SSSR count). The highest BCUT2D eigenvalue weighted by Gasteiger charge is 2.18. The summed E-state index contributed by atoms with van der Waals surface area (Å²) in [4.78, 5) is 6.82. The quantitative estimate of drug-likeness (QED) is 0.190. The van der Waals surface area contributed by atoms with Gasteiger partial charge in [0.1, 0.15) is 5.58 Å². The summed E-state index contributed by atoms with van der Waals surface area (Å²) in [6.07, 6.45) is 3.74. The van der Waals surface area contributed by atoms with Gasteiger partial charge in [-0.1, -0.05) is 103 Å². The zero-order valence-electron chi connectivity index (χ0n) is 26.5. The Hall–Kier alpha value is -6.65. The molecule has 0 aliphatic carbocycles. The number of hydrogen-bond donors (Lipinski definition) is 0. The van der Waals surface area contributed by atoms with Crippen LogP contribution in [0.4, 0.5) is 17.1 Å². The van der Waals surface area contributed by atoms with E-state index in [2.05, 4.69) is 166 Å². The van der Waals surface area contributed by atoms with Crippen molar-refractivity contribution >= 4 is 71.6 Å². The molecule has 0 spiro atoms. The van der Waals surface area contributed by atoms with Gasteiger partial charge in [-0.15, -0.1) is 0 Å². The Morgan fingerprint density at radius 3 is 1.94 bits per heavy atom. The van der Waals surface area contributed by atoms with Crippen LogP contribution in [0.25, 0.3) is 71.3 Å². The van der Waals surface area contributed by atoms with Crippen molar-refractivity contribution in [3.05, 3.63) is 176 Å². The van der Waals surface area contributed by atoms with E-state index < -0.39 is 0 Å². The molecule has 0 unspecified atom stereocenters. The lowest BCUT2D eigenvalue weighted by Crippen LogP contribution is -2.10. The van der Waals surface area contributed by atoms with E-state index in [1.54, 1.807) is 6.20 Å². The van der Waals surface area contributed by atoms with Gasteiger partial charge >= 0.3 is 0 Å². The Morgan fingerprint density at radius 1 is 0.469 bits per heavy atom. The Labute approximate surface area is 282 Å². The second kappa shape index (κ2) is 11.0. The van der Waals surface area contributed by atoms with Crippen molar-refractivity contribution in [2.24, 2.45) is 0 Å². The standard InChI is InChI=1S/C45H29N3O/c1-2-11-32(12-3-1)47(33-21-18-31(19-22-33)40-28-46-29-43-44(40)39-15-7-9-17-42(39)49-43)34-23-25-35(26-24-34)48-41-16-8-6-14-37(41)38-27-20-30-10-4-5-13-36(30)45(38)48/h1-29H. The van der Waals surface area contributed by atoms with Crippen LogP contribution < -0.4 is 4.90 Å². The van der Waals surface area contributed by atoms with Gasteiger partial charge in [0.15, 0.2) is 5.58 Å². The van der Waals surface area contributed by atoms with E-state index in [4.69, 9.17) is 4.42 Å². The number of pyridine rings is 1. The summed E-state index contributed by atoms with van der Waals surface area (Å²) in [6, 6.07) is 58.3. The lowest BCUT2D eigenvalue weighted by molar-refractivity contribution is 0.667. The fraction of sp³-hybridized carbons (Fsp3) is 0. The van der Waals surface area contributed by atoms with Gasteiger partial charge in [0.25, 0.3) is 0 Å². The largest absolute Gasteiger partial charge is 0.454 e. The first kappa shape index (κ1) is 27.5. The predicted octanol–water partition coefficient (Wildman–Crippen LogP) is 12.4. The molecule has 0 aliphatic heterocycles. The lowest BCUT2D eigenvalue weighted by atomic mass is 10.0.